The summed E-state index contributed by atoms with van der Waals surface area (Å²) in [5.41, 5.74) is -1.27. The van der Waals surface area contributed by atoms with Crippen LogP contribution in [0.25, 0.3) is 0 Å². The molecule has 6 nitrogen and oxygen atoms in total. The lowest BCUT2D eigenvalue weighted by Crippen LogP contribution is -2.50. The highest BCUT2D eigenvalue weighted by molar-refractivity contribution is 5.69. The maximum Gasteiger partial charge on any atom is 0.410 e. The number of ether oxygens (including phenoxy) is 2. The largest absolute Gasteiger partial charge is 0.444 e. The summed E-state index contributed by atoms with van der Waals surface area (Å²) in [6.07, 6.45) is 2.23. The molecule has 0 aromatic carbocycles. The van der Waals surface area contributed by atoms with E-state index < -0.39 is 11.2 Å². The Balaban J connectivity index is 1.80. The number of aliphatic hydroxyl groups is 1. The van der Waals surface area contributed by atoms with Crippen LogP contribution in [-0.2, 0) is 9.47 Å². The van der Waals surface area contributed by atoms with E-state index in [0.29, 0.717) is 26.1 Å². The molecule has 2 rings (SSSR count). The maximum absolute atomic E-state index is 12.2. The van der Waals surface area contributed by atoms with E-state index in [0.717, 1.165) is 19.4 Å². The van der Waals surface area contributed by atoms with Crippen LogP contribution in [-0.4, -0.2) is 65.7 Å². The third-order valence-corrected chi connectivity index (χ3v) is 4.48. The smallest absolute Gasteiger partial charge is 0.410 e. The van der Waals surface area contributed by atoms with Crippen molar-refractivity contribution in [2.24, 2.45) is 0 Å². The summed E-state index contributed by atoms with van der Waals surface area (Å²) in [6, 6.07) is 0.135. The summed E-state index contributed by atoms with van der Waals surface area (Å²) < 4.78 is 10.9. The summed E-state index contributed by atoms with van der Waals surface area (Å²) in [4.78, 5) is 14.0. The summed E-state index contributed by atoms with van der Waals surface area (Å²) in [6.45, 7) is 10.1. The van der Waals surface area contributed by atoms with Crippen molar-refractivity contribution in [2.45, 2.75) is 70.3 Å². The molecule has 2 heterocycles. The van der Waals surface area contributed by atoms with Gasteiger partial charge < -0.3 is 24.8 Å². The van der Waals surface area contributed by atoms with Crippen molar-refractivity contribution in [1.29, 1.82) is 0 Å². The predicted octanol–water partition coefficient (Wildman–Crippen LogP) is 1.52. The van der Waals surface area contributed by atoms with Gasteiger partial charge in [0.2, 0.25) is 0 Å². The molecule has 128 valence electrons. The van der Waals surface area contributed by atoms with Gasteiger partial charge in [-0.25, -0.2) is 4.79 Å². The molecular formula is C16H30N2O4. The van der Waals surface area contributed by atoms with Crippen LogP contribution in [0.4, 0.5) is 4.79 Å². The predicted molar refractivity (Wildman–Crippen MR) is 83.8 cm³/mol. The molecule has 1 amide bonds. The van der Waals surface area contributed by atoms with Gasteiger partial charge in [-0.3, -0.25) is 0 Å². The van der Waals surface area contributed by atoms with Gasteiger partial charge in [0, 0.05) is 38.7 Å². The number of carbonyl (C=O) groups excluding carboxylic acids is 1. The molecule has 3 unspecified atom stereocenters. The van der Waals surface area contributed by atoms with Crippen molar-refractivity contribution >= 4 is 6.09 Å². The molecule has 2 aliphatic rings. The number of amides is 1. The van der Waals surface area contributed by atoms with E-state index in [2.05, 4.69) is 5.32 Å². The van der Waals surface area contributed by atoms with E-state index >= 15 is 0 Å². The molecule has 0 aliphatic carbocycles. The topological polar surface area (TPSA) is 71.0 Å². The minimum atomic E-state index is -0.796. The molecular weight excluding hydrogens is 284 g/mol. The Morgan fingerprint density at radius 1 is 1.50 bits per heavy atom. The fraction of sp³-hybridized carbons (Fsp3) is 0.938. The molecule has 0 saturated carbocycles. The molecule has 2 N–H and O–H groups in total. The Kier molecular flexibility index (Phi) is 5.35. The summed E-state index contributed by atoms with van der Waals surface area (Å²) >= 11 is 0. The maximum atomic E-state index is 12.2. The van der Waals surface area contributed by atoms with Crippen molar-refractivity contribution in [3.8, 4) is 0 Å². The lowest BCUT2D eigenvalue weighted by molar-refractivity contribution is -0.0268. The van der Waals surface area contributed by atoms with Crippen LogP contribution in [0.5, 0.6) is 0 Å². The van der Waals surface area contributed by atoms with Crippen LogP contribution in [0.1, 0.15) is 47.0 Å². The minimum Gasteiger partial charge on any atom is -0.444 e. The third kappa shape index (κ3) is 4.33. The number of nitrogens with zero attached hydrogens (tertiary/aromatic N) is 1. The highest BCUT2D eigenvalue weighted by Crippen LogP contribution is 2.25. The zero-order valence-corrected chi connectivity index (χ0v) is 14.2. The minimum absolute atomic E-state index is 0.135. The lowest BCUT2D eigenvalue weighted by atomic mass is 9.96. The fourth-order valence-electron chi connectivity index (χ4n) is 3.07. The first-order valence-electron chi connectivity index (χ1n) is 8.26. The quantitative estimate of drug-likeness (QED) is 0.823. The number of carbonyl (C=O) groups is 1. The number of rotatable bonds is 4. The molecule has 0 aromatic rings. The zero-order valence-electron chi connectivity index (χ0n) is 14.2. The van der Waals surface area contributed by atoms with Crippen LogP contribution >= 0.6 is 0 Å². The van der Waals surface area contributed by atoms with E-state index in [9.17, 15) is 9.90 Å². The SMILES string of the molecule is CC1OCCC1(O)CNCC1CCCN1C(=O)OC(C)(C)C. The van der Waals surface area contributed by atoms with Gasteiger partial charge in [-0.05, 0) is 40.5 Å². The third-order valence-electron chi connectivity index (χ3n) is 4.48. The van der Waals surface area contributed by atoms with Gasteiger partial charge in [0.1, 0.15) is 11.2 Å². The average molecular weight is 314 g/mol. The molecule has 0 bridgehead atoms. The molecule has 2 aliphatic heterocycles. The zero-order chi connectivity index (χ0) is 16.4. The van der Waals surface area contributed by atoms with Gasteiger partial charge in [0.15, 0.2) is 0 Å². The molecule has 0 spiro atoms. The van der Waals surface area contributed by atoms with Gasteiger partial charge in [0.05, 0.1) is 6.10 Å². The molecule has 2 saturated heterocycles. The van der Waals surface area contributed by atoms with E-state index in [1.807, 2.05) is 27.7 Å². The molecule has 3 atom stereocenters. The first kappa shape index (κ1) is 17.5. The highest BCUT2D eigenvalue weighted by atomic mass is 16.6. The molecule has 6 heteroatoms. The molecule has 0 radical (unpaired) electrons. The summed E-state index contributed by atoms with van der Waals surface area (Å²) in [5.74, 6) is 0. The lowest BCUT2D eigenvalue weighted by Gasteiger charge is -2.30. The van der Waals surface area contributed by atoms with Crippen LogP contribution in [0.2, 0.25) is 0 Å². The Labute approximate surface area is 133 Å². The fourth-order valence-corrected chi connectivity index (χ4v) is 3.07. The van der Waals surface area contributed by atoms with Crippen LogP contribution in [0.3, 0.4) is 0 Å². The van der Waals surface area contributed by atoms with Crippen molar-refractivity contribution in [3.05, 3.63) is 0 Å². The second-order valence-corrected chi connectivity index (χ2v) is 7.47. The second kappa shape index (κ2) is 6.72. The summed E-state index contributed by atoms with van der Waals surface area (Å²) in [7, 11) is 0. The number of hydrogen-bond acceptors (Lipinski definition) is 5. The van der Waals surface area contributed by atoms with E-state index in [-0.39, 0.29) is 18.2 Å². The van der Waals surface area contributed by atoms with Gasteiger partial charge in [0.25, 0.3) is 0 Å². The van der Waals surface area contributed by atoms with Crippen LogP contribution in [0.15, 0.2) is 0 Å². The first-order chi connectivity index (χ1) is 10.2. The standard InChI is InChI=1S/C16H30N2O4/c1-12-16(20,7-9-21-12)11-17-10-13-6-5-8-18(13)14(19)22-15(2,3)4/h12-13,17,20H,5-11H2,1-4H3. The van der Waals surface area contributed by atoms with Gasteiger partial charge >= 0.3 is 6.09 Å². The van der Waals surface area contributed by atoms with Crippen LogP contribution in [0, 0.1) is 0 Å². The van der Waals surface area contributed by atoms with Gasteiger partial charge in [-0.2, -0.15) is 0 Å². The van der Waals surface area contributed by atoms with E-state index in [1.54, 1.807) is 4.90 Å². The number of likely N-dealkylation sites (tertiary alicyclic amines) is 1. The number of hydrogen-bond donors (Lipinski definition) is 2. The molecule has 0 aromatic heterocycles. The Morgan fingerprint density at radius 3 is 2.82 bits per heavy atom. The Morgan fingerprint density at radius 2 is 2.23 bits per heavy atom. The van der Waals surface area contributed by atoms with Crippen LogP contribution < -0.4 is 5.32 Å². The monoisotopic (exact) mass is 314 g/mol. The molecule has 2 fully saturated rings. The highest BCUT2D eigenvalue weighted by Gasteiger charge is 2.39. The molecule has 22 heavy (non-hydrogen) atoms. The van der Waals surface area contributed by atoms with Crippen molar-refractivity contribution in [3.63, 3.8) is 0 Å². The summed E-state index contributed by atoms with van der Waals surface area (Å²) in [5, 5.41) is 13.8. The first-order valence-corrected chi connectivity index (χ1v) is 8.26. The average Bonchev–Trinajstić information content (AvgIpc) is 2.96. The van der Waals surface area contributed by atoms with Crippen molar-refractivity contribution < 1.29 is 19.4 Å². The van der Waals surface area contributed by atoms with Gasteiger partial charge in [-0.1, -0.05) is 0 Å². The Bertz CT molecular complexity index is 396. The Hall–Kier alpha value is -0.850. The van der Waals surface area contributed by atoms with Gasteiger partial charge in [-0.15, -0.1) is 0 Å². The van der Waals surface area contributed by atoms with E-state index in [1.165, 1.54) is 0 Å². The van der Waals surface area contributed by atoms with Crippen molar-refractivity contribution in [1.82, 2.24) is 10.2 Å². The van der Waals surface area contributed by atoms with Crippen molar-refractivity contribution in [2.75, 3.05) is 26.2 Å². The second-order valence-electron chi connectivity index (χ2n) is 7.47. The van der Waals surface area contributed by atoms with E-state index in [4.69, 9.17) is 9.47 Å². The normalized spacial score (nSPS) is 32.5. The number of nitrogens with one attached hydrogen (secondary N) is 1.